The fourth-order valence-corrected chi connectivity index (χ4v) is 1.33. The number of rotatable bonds is 2. The summed E-state index contributed by atoms with van der Waals surface area (Å²) in [4.78, 5) is 4.23. The number of hydrogen-bond donors (Lipinski definition) is 0. The molecular formula is C9H10ClN. The van der Waals surface area contributed by atoms with Crippen molar-refractivity contribution in [1.29, 1.82) is 0 Å². The highest BCUT2D eigenvalue weighted by Gasteiger charge is 2.23. The number of halogens is 1. The molecule has 0 atom stereocenters. The molecule has 0 aliphatic heterocycles. The number of aromatic nitrogens is 1. The van der Waals surface area contributed by atoms with Gasteiger partial charge in [-0.2, -0.15) is 0 Å². The molecular weight excluding hydrogens is 158 g/mol. The van der Waals surface area contributed by atoms with E-state index in [0.717, 1.165) is 11.6 Å². The van der Waals surface area contributed by atoms with Gasteiger partial charge in [0.25, 0.3) is 0 Å². The van der Waals surface area contributed by atoms with Crippen molar-refractivity contribution >= 4 is 11.6 Å². The van der Waals surface area contributed by atoms with E-state index in [1.165, 1.54) is 18.4 Å². The van der Waals surface area contributed by atoms with E-state index in [0.29, 0.717) is 5.88 Å². The Morgan fingerprint density at radius 2 is 2.27 bits per heavy atom. The lowest BCUT2D eigenvalue weighted by molar-refractivity contribution is 1.06. The summed E-state index contributed by atoms with van der Waals surface area (Å²) in [6, 6.07) is 4.16. The first-order valence-electron chi connectivity index (χ1n) is 3.91. The first-order valence-corrected chi connectivity index (χ1v) is 4.44. The maximum Gasteiger partial charge on any atom is 0.0647 e. The molecule has 1 saturated carbocycles. The first-order chi connectivity index (χ1) is 5.40. The quantitative estimate of drug-likeness (QED) is 0.618. The highest BCUT2D eigenvalue weighted by molar-refractivity contribution is 6.16. The lowest BCUT2D eigenvalue weighted by Crippen LogP contribution is -1.86. The summed E-state index contributed by atoms with van der Waals surface area (Å²) >= 11 is 5.61. The maximum atomic E-state index is 5.61. The molecule has 0 radical (unpaired) electrons. The lowest BCUT2D eigenvalue weighted by Gasteiger charge is -1.97. The largest absolute Gasteiger partial charge is 0.260 e. The van der Waals surface area contributed by atoms with Crippen LogP contribution in [0.5, 0.6) is 0 Å². The van der Waals surface area contributed by atoms with Gasteiger partial charge >= 0.3 is 0 Å². The average Bonchev–Trinajstić information content (AvgIpc) is 2.87. The molecule has 0 amide bonds. The Labute approximate surface area is 71.4 Å². The molecule has 0 spiro atoms. The molecule has 0 aromatic carbocycles. The summed E-state index contributed by atoms with van der Waals surface area (Å²) < 4.78 is 0. The lowest BCUT2D eigenvalue weighted by atomic mass is 10.2. The second kappa shape index (κ2) is 2.82. The van der Waals surface area contributed by atoms with Crippen LogP contribution >= 0.6 is 11.6 Å². The van der Waals surface area contributed by atoms with Crippen molar-refractivity contribution in [2.45, 2.75) is 24.6 Å². The Kier molecular flexibility index (Phi) is 1.82. The van der Waals surface area contributed by atoms with Crippen molar-refractivity contribution in [1.82, 2.24) is 4.98 Å². The Bertz CT molecular complexity index is 238. The summed E-state index contributed by atoms with van der Waals surface area (Å²) in [5.74, 6) is 1.32. The van der Waals surface area contributed by atoms with Crippen LogP contribution in [0.3, 0.4) is 0 Å². The second-order valence-electron chi connectivity index (χ2n) is 2.99. The molecule has 2 rings (SSSR count). The van der Waals surface area contributed by atoms with Crippen LogP contribution in [0.4, 0.5) is 0 Å². The van der Waals surface area contributed by atoms with E-state index < -0.39 is 0 Å². The second-order valence-corrected chi connectivity index (χ2v) is 3.26. The Hall–Kier alpha value is -0.560. The van der Waals surface area contributed by atoms with E-state index in [1.54, 1.807) is 0 Å². The number of pyridine rings is 1. The summed E-state index contributed by atoms with van der Waals surface area (Å²) in [7, 11) is 0. The van der Waals surface area contributed by atoms with Gasteiger partial charge in [0, 0.05) is 6.20 Å². The minimum atomic E-state index is 0.519. The van der Waals surface area contributed by atoms with Gasteiger partial charge in [-0.15, -0.1) is 11.6 Å². The first kappa shape index (κ1) is 7.11. The molecule has 1 heterocycles. The predicted molar refractivity (Wildman–Crippen MR) is 45.8 cm³/mol. The molecule has 0 bridgehead atoms. The van der Waals surface area contributed by atoms with Crippen LogP contribution in [-0.2, 0) is 5.88 Å². The third-order valence-electron chi connectivity index (χ3n) is 2.03. The third-order valence-corrected chi connectivity index (χ3v) is 2.31. The molecule has 0 N–H and O–H groups in total. The van der Waals surface area contributed by atoms with Crippen molar-refractivity contribution in [3.05, 3.63) is 29.6 Å². The van der Waals surface area contributed by atoms with E-state index in [4.69, 9.17) is 11.6 Å². The normalized spacial score (nSPS) is 16.8. The monoisotopic (exact) mass is 167 g/mol. The summed E-state index contributed by atoms with van der Waals surface area (Å²) in [5, 5.41) is 0. The van der Waals surface area contributed by atoms with Crippen molar-refractivity contribution in [2.24, 2.45) is 0 Å². The van der Waals surface area contributed by atoms with Crippen LogP contribution < -0.4 is 0 Å². The van der Waals surface area contributed by atoms with E-state index >= 15 is 0 Å². The van der Waals surface area contributed by atoms with Crippen molar-refractivity contribution in [3.8, 4) is 0 Å². The van der Waals surface area contributed by atoms with Crippen LogP contribution in [-0.4, -0.2) is 4.98 Å². The molecule has 1 fully saturated rings. The summed E-state index contributed by atoms with van der Waals surface area (Å²) in [6.45, 7) is 0. The Morgan fingerprint density at radius 1 is 1.45 bits per heavy atom. The summed E-state index contributed by atoms with van der Waals surface area (Å²) in [5.41, 5.74) is 2.34. The van der Waals surface area contributed by atoms with Crippen LogP contribution in [0.2, 0.25) is 0 Å². The molecule has 1 aromatic heterocycles. The SMILES string of the molecule is ClCc1ccc(C2CC2)cn1. The smallest absolute Gasteiger partial charge is 0.0647 e. The molecule has 2 heteroatoms. The molecule has 1 aliphatic carbocycles. The highest BCUT2D eigenvalue weighted by atomic mass is 35.5. The van der Waals surface area contributed by atoms with E-state index in [-0.39, 0.29) is 0 Å². The van der Waals surface area contributed by atoms with E-state index in [9.17, 15) is 0 Å². The molecule has 11 heavy (non-hydrogen) atoms. The predicted octanol–water partition coefficient (Wildman–Crippen LogP) is 2.70. The fourth-order valence-electron chi connectivity index (χ4n) is 1.17. The molecule has 1 aromatic rings. The van der Waals surface area contributed by atoms with E-state index in [2.05, 4.69) is 11.1 Å². The molecule has 0 saturated heterocycles. The van der Waals surface area contributed by atoms with Crippen molar-refractivity contribution < 1.29 is 0 Å². The molecule has 1 aliphatic rings. The zero-order valence-electron chi connectivity index (χ0n) is 6.26. The Balaban J connectivity index is 2.19. The summed E-state index contributed by atoms with van der Waals surface area (Å²) in [6.07, 6.45) is 4.62. The average molecular weight is 168 g/mol. The van der Waals surface area contributed by atoms with Crippen LogP contribution in [0.1, 0.15) is 30.0 Å². The fraction of sp³-hybridized carbons (Fsp3) is 0.444. The topological polar surface area (TPSA) is 12.9 Å². The number of nitrogens with zero attached hydrogens (tertiary/aromatic N) is 1. The van der Waals surface area contributed by atoms with Gasteiger partial charge in [0.05, 0.1) is 11.6 Å². The standard InChI is InChI=1S/C9H10ClN/c10-5-9-4-3-8(6-11-9)7-1-2-7/h3-4,6-7H,1-2,5H2. The van der Waals surface area contributed by atoms with E-state index in [1.807, 2.05) is 12.3 Å². The minimum absolute atomic E-state index is 0.519. The van der Waals surface area contributed by atoms with Gasteiger partial charge in [0.15, 0.2) is 0 Å². The number of alkyl halides is 1. The van der Waals surface area contributed by atoms with Crippen LogP contribution in [0, 0.1) is 0 Å². The Morgan fingerprint density at radius 3 is 2.73 bits per heavy atom. The van der Waals surface area contributed by atoms with Gasteiger partial charge < -0.3 is 0 Å². The molecule has 0 unspecified atom stereocenters. The number of hydrogen-bond acceptors (Lipinski definition) is 1. The van der Waals surface area contributed by atoms with Crippen LogP contribution in [0.25, 0.3) is 0 Å². The van der Waals surface area contributed by atoms with Gasteiger partial charge in [-0.3, -0.25) is 4.98 Å². The third kappa shape index (κ3) is 1.54. The van der Waals surface area contributed by atoms with Gasteiger partial charge in [-0.1, -0.05) is 6.07 Å². The zero-order chi connectivity index (χ0) is 7.68. The maximum absolute atomic E-state index is 5.61. The van der Waals surface area contributed by atoms with Crippen molar-refractivity contribution in [3.63, 3.8) is 0 Å². The van der Waals surface area contributed by atoms with Gasteiger partial charge in [-0.25, -0.2) is 0 Å². The van der Waals surface area contributed by atoms with Crippen molar-refractivity contribution in [2.75, 3.05) is 0 Å². The van der Waals surface area contributed by atoms with Crippen LogP contribution in [0.15, 0.2) is 18.3 Å². The highest BCUT2D eigenvalue weighted by Crippen LogP contribution is 2.39. The zero-order valence-corrected chi connectivity index (χ0v) is 7.01. The molecule has 58 valence electrons. The van der Waals surface area contributed by atoms with Gasteiger partial charge in [0.1, 0.15) is 0 Å². The van der Waals surface area contributed by atoms with Gasteiger partial charge in [-0.05, 0) is 30.4 Å². The molecule has 1 nitrogen and oxygen atoms in total. The van der Waals surface area contributed by atoms with Gasteiger partial charge in [0.2, 0.25) is 0 Å². The minimum Gasteiger partial charge on any atom is -0.260 e.